The van der Waals surface area contributed by atoms with Crippen LogP contribution in [0.4, 0.5) is 0 Å². The van der Waals surface area contributed by atoms with Crippen LogP contribution >= 0.6 is 23.1 Å². The molecule has 0 saturated carbocycles. The van der Waals surface area contributed by atoms with Crippen molar-refractivity contribution in [3.05, 3.63) is 46.3 Å². The van der Waals surface area contributed by atoms with Gasteiger partial charge < -0.3 is 4.74 Å². The quantitative estimate of drug-likeness (QED) is 0.821. The zero-order valence-corrected chi connectivity index (χ0v) is 15.5. The summed E-state index contributed by atoms with van der Waals surface area (Å²) >= 11 is 3.21. The third-order valence-corrected chi connectivity index (χ3v) is 6.72. The Hall–Kier alpha value is -1.15. The summed E-state index contributed by atoms with van der Waals surface area (Å²) in [6.45, 7) is 4.60. The molecule has 0 amide bonds. The lowest BCUT2D eigenvalue weighted by Gasteiger charge is -2.22. The van der Waals surface area contributed by atoms with E-state index in [2.05, 4.69) is 4.98 Å². The third-order valence-electron chi connectivity index (χ3n) is 3.64. The number of rotatable bonds is 4. The van der Waals surface area contributed by atoms with Crippen molar-refractivity contribution in [3.63, 3.8) is 0 Å². The number of nitrogens with zero attached hydrogens (tertiary/aromatic N) is 1. The van der Waals surface area contributed by atoms with Crippen molar-refractivity contribution < 1.29 is 13.2 Å². The van der Waals surface area contributed by atoms with Crippen molar-refractivity contribution in [3.8, 4) is 0 Å². The van der Waals surface area contributed by atoms with Gasteiger partial charge in [0.25, 0.3) is 0 Å². The van der Waals surface area contributed by atoms with Crippen molar-refractivity contribution in [1.82, 2.24) is 4.98 Å². The number of aromatic nitrogens is 1. The molecule has 1 aliphatic heterocycles. The molecule has 0 N–H and O–H groups in total. The van der Waals surface area contributed by atoms with Gasteiger partial charge in [-0.2, -0.15) is 0 Å². The van der Waals surface area contributed by atoms with Gasteiger partial charge in [0.05, 0.1) is 17.1 Å². The minimum atomic E-state index is -3.19. The normalized spacial score (nSPS) is 17.7. The second kappa shape index (κ2) is 6.05. The lowest BCUT2D eigenvalue weighted by Crippen LogP contribution is -2.21. The Morgan fingerprint density at radius 2 is 1.96 bits per heavy atom. The molecular weight excluding hydrogens is 350 g/mol. The average molecular weight is 368 g/mol. The fraction of sp³-hybridized carbons (Fsp3) is 0.312. The monoisotopic (exact) mass is 367 g/mol. The number of thiazole rings is 1. The van der Waals surface area contributed by atoms with Gasteiger partial charge in [0, 0.05) is 28.3 Å². The molecular formula is C16H17NO3S3. The van der Waals surface area contributed by atoms with E-state index >= 15 is 0 Å². The summed E-state index contributed by atoms with van der Waals surface area (Å²) < 4.78 is 30.2. The highest BCUT2D eigenvalue weighted by Gasteiger charge is 2.35. The molecule has 0 aliphatic carbocycles. The van der Waals surface area contributed by atoms with Gasteiger partial charge >= 0.3 is 0 Å². The van der Waals surface area contributed by atoms with Crippen LogP contribution in [0.25, 0.3) is 5.57 Å². The summed E-state index contributed by atoms with van der Waals surface area (Å²) in [6.07, 6.45) is 3.00. The van der Waals surface area contributed by atoms with E-state index in [1.54, 1.807) is 41.4 Å². The maximum absolute atomic E-state index is 11.6. The van der Waals surface area contributed by atoms with Gasteiger partial charge in [0.1, 0.15) is 0 Å². The molecule has 2 heterocycles. The summed E-state index contributed by atoms with van der Waals surface area (Å²) in [5.41, 5.74) is 1.67. The number of thioether (sulfide) groups is 1. The summed E-state index contributed by atoms with van der Waals surface area (Å²) in [5.74, 6) is 0. The molecule has 122 valence electrons. The molecule has 4 nitrogen and oxygen atoms in total. The van der Waals surface area contributed by atoms with E-state index in [1.165, 1.54) is 6.26 Å². The predicted molar refractivity (Wildman–Crippen MR) is 94.5 cm³/mol. The fourth-order valence-electron chi connectivity index (χ4n) is 2.55. The highest BCUT2D eigenvalue weighted by molar-refractivity contribution is 8.04. The topological polar surface area (TPSA) is 56.3 Å². The number of hydrogen-bond acceptors (Lipinski definition) is 6. The summed E-state index contributed by atoms with van der Waals surface area (Å²) in [7, 11) is -3.19. The van der Waals surface area contributed by atoms with E-state index in [0.717, 1.165) is 20.4 Å². The van der Waals surface area contributed by atoms with Crippen LogP contribution in [-0.4, -0.2) is 31.9 Å². The molecule has 0 unspecified atom stereocenters. The Kier molecular flexibility index (Phi) is 4.39. The lowest BCUT2D eigenvalue weighted by molar-refractivity contribution is 0.0631. The van der Waals surface area contributed by atoms with Crippen LogP contribution in [0.5, 0.6) is 0 Å². The van der Waals surface area contributed by atoms with E-state index in [0.29, 0.717) is 11.5 Å². The molecule has 0 bridgehead atoms. The SMILES string of the molecule is CC1(C)OCC(Sc2nccs2)=C1c1ccc(S(C)(=O)=O)cc1. The molecule has 3 rings (SSSR count). The first-order valence-electron chi connectivity index (χ1n) is 7.03. The molecule has 1 aliphatic rings. The van der Waals surface area contributed by atoms with Crippen molar-refractivity contribution in [2.45, 2.75) is 28.7 Å². The first kappa shape index (κ1) is 16.7. The standard InChI is InChI=1S/C16H17NO3S3/c1-16(2)14(11-4-6-12(7-5-11)23(3,18)19)13(10-20-16)22-15-17-8-9-21-15/h4-9H,10H2,1-3H3. The molecule has 2 aromatic rings. The van der Waals surface area contributed by atoms with Crippen molar-refractivity contribution in [2.75, 3.05) is 12.9 Å². The highest BCUT2D eigenvalue weighted by Crippen LogP contribution is 2.45. The van der Waals surface area contributed by atoms with Crippen molar-refractivity contribution in [2.24, 2.45) is 0 Å². The average Bonchev–Trinajstić information content (AvgIpc) is 3.07. The Bertz CT molecular complexity index is 835. The molecule has 0 atom stereocenters. The number of ether oxygens (including phenoxy) is 1. The summed E-state index contributed by atoms with van der Waals surface area (Å²) in [4.78, 5) is 5.76. The predicted octanol–water partition coefficient (Wildman–Crippen LogP) is 3.86. The second-order valence-corrected chi connectivity index (χ2v) is 10.0. The molecule has 0 fully saturated rings. The molecule has 1 aromatic carbocycles. The van der Waals surface area contributed by atoms with E-state index in [9.17, 15) is 8.42 Å². The van der Waals surface area contributed by atoms with Gasteiger partial charge in [-0.05, 0) is 31.5 Å². The number of hydrogen-bond donors (Lipinski definition) is 0. The Morgan fingerprint density at radius 3 is 2.52 bits per heavy atom. The van der Waals surface area contributed by atoms with Crippen LogP contribution in [0.1, 0.15) is 19.4 Å². The van der Waals surface area contributed by atoms with E-state index in [1.807, 2.05) is 31.4 Å². The summed E-state index contributed by atoms with van der Waals surface area (Å²) in [5, 5.41) is 1.95. The van der Waals surface area contributed by atoms with Gasteiger partial charge in [-0.25, -0.2) is 13.4 Å². The molecule has 0 saturated heterocycles. The molecule has 0 radical (unpaired) electrons. The van der Waals surface area contributed by atoms with E-state index < -0.39 is 15.4 Å². The van der Waals surface area contributed by atoms with Gasteiger partial charge in [0.15, 0.2) is 14.2 Å². The Labute approximate surface area is 144 Å². The van der Waals surface area contributed by atoms with Gasteiger partial charge in [-0.3, -0.25) is 0 Å². The zero-order chi connectivity index (χ0) is 16.7. The van der Waals surface area contributed by atoms with Crippen LogP contribution < -0.4 is 0 Å². The fourth-order valence-corrected chi connectivity index (χ4v) is 5.11. The maximum atomic E-state index is 11.6. The van der Waals surface area contributed by atoms with Gasteiger partial charge in [-0.1, -0.05) is 23.9 Å². The lowest BCUT2D eigenvalue weighted by atomic mass is 9.92. The number of benzene rings is 1. The minimum Gasteiger partial charge on any atom is -0.366 e. The Morgan fingerprint density at radius 1 is 1.26 bits per heavy atom. The van der Waals surface area contributed by atoms with Crippen LogP contribution in [0.2, 0.25) is 0 Å². The van der Waals surface area contributed by atoms with Crippen LogP contribution in [0.3, 0.4) is 0 Å². The van der Waals surface area contributed by atoms with E-state index in [-0.39, 0.29) is 0 Å². The van der Waals surface area contributed by atoms with Gasteiger partial charge in [0.2, 0.25) is 0 Å². The maximum Gasteiger partial charge on any atom is 0.175 e. The molecule has 0 spiro atoms. The molecule has 7 heteroatoms. The smallest absolute Gasteiger partial charge is 0.175 e. The van der Waals surface area contributed by atoms with Crippen molar-refractivity contribution >= 4 is 38.5 Å². The first-order valence-corrected chi connectivity index (χ1v) is 10.6. The third kappa shape index (κ3) is 3.52. The van der Waals surface area contributed by atoms with Crippen LogP contribution in [-0.2, 0) is 14.6 Å². The van der Waals surface area contributed by atoms with Crippen LogP contribution in [0.15, 0.2) is 50.0 Å². The largest absolute Gasteiger partial charge is 0.366 e. The van der Waals surface area contributed by atoms with Crippen LogP contribution in [0, 0.1) is 0 Å². The second-order valence-electron chi connectivity index (χ2n) is 5.79. The Balaban J connectivity index is 2.02. The highest BCUT2D eigenvalue weighted by atomic mass is 32.2. The number of sulfone groups is 1. The minimum absolute atomic E-state index is 0.327. The van der Waals surface area contributed by atoms with E-state index in [4.69, 9.17) is 4.74 Å². The first-order chi connectivity index (χ1) is 10.8. The van der Waals surface area contributed by atoms with Crippen molar-refractivity contribution in [1.29, 1.82) is 0 Å². The zero-order valence-electron chi connectivity index (χ0n) is 13.1. The van der Waals surface area contributed by atoms with Gasteiger partial charge in [-0.15, -0.1) is 11.3 Å². The summed E-state index contributed by atoms with van der Waals surface area (Å²) in [6, 6.07) is 7.00. The molecule has 1 aromatic heterocycles. The molecule has 23 heavy (non-hydrogen) atoms.